The van der Waals surface area contributed by atoms with E-state index in [0.29, 0.717) is 47.2 Å². The molecule has 0 radical (unpaired) electrons. The number of aryl methyl sites for hydroxylation is 1. The number of halogens is 2. The van der Waals surface area contributed by atoms with E-state index >= 15 is 4.39 Å². The molecule has 2 aromatic carbocycles. The zero-order valence-corrected chi connectivity index (χ0v) is 24.5. The number of anilines is 1. The number of phenols is 1. The quantitative estimate of drug-likeness (QED) is 0.315. The SMILES string of the molecule is C#Cc1c(F)ccc2cc(O)cc(-c3nc4c5c(nc(OCC67CCCN6CCC7)nc5c3F)N(C)CCC4)c12.CCO. The van der Waals surface area contributed by atoms with Crippen LogP contribution >= 0.6 is 0 Å². The van der Waals surface area contributed by atoms with Crippen LogP contribution in [0.1, 0.15) is 50.3 Å². The van der Waals surface area contributed by atoms with Gasteiger partial charge in [0, 0.05) is 31.1 Å². The van der Waals surface area contributed by atoms with E-state index in [4.69, 9.17) is 26.2 Å². The van der Waals surface area contributed by atoms with Crippen LogP contribution in [0.2, 0.25) is 0 Å². The number of aromatic hydroxyl groups is 1. The monoisotopic (exact) mass is 587 g/mol. The van der Waals surface area contributed by atoms with Crippen LogP contribution < -0.4 is 9.64 Å². The van der Waals surface area contributed by atoms with Gasteiger partial charge in [0.25, 0.3) is 0 Å². The minimum absolute atomic E-state index is 0.0104. The van der Waals surface area contributed by atoms with Crippen molar-refractivity contribution in [3.63, 3.8) is 0 Å². The summed E-state index contributed by atoms with van der Waals surface area (Å²) in [5.41, 5.74) is 0.886. The molecule has 2 fully saturated rings. The minimum atomic E-state index is -0.691. The van der Waals surface area contributed by atoms with Crippen molar-refractivity contribution >= 4 is 27.5 Å². The van der Waals surface area contributed by atoms with Crippen LogP contribution in [-0.2, 0) is 6.42 Å². The topological polar surface area (TPSA) is 94.8 Å². The second-order valence-corrected chi connectivity index (χ2v) is 11.5. The molecule has 0 bridgehead atoms. The lowest BCUT2D eigenvalue weighted by molar-refractivity contribution is 0.108. The maximum absolute atomic E-state index is 16.6. The summed E-state index contributed by atoms with van der Waals surface area (Å²) >= 11 is 0. The molecule has 7 rings (SSSR count). The molecular weight excluding hydrogens is 552 g/mol. The molecule has 3 aliphatic heterocycles. The van der Waals surface area contributed by atoms with Gasteiger partial charge in [-0.25, -0.2) is 13.8 Å². The smallest absolute Gasteiger partial charge is 0.319 e. The molecule has 2 aromatic heterocycles. The van der Waals surface area contributed by atoms with Gasteiger partial charge < -0.3 is 19.8 Å². The highest BCUT2D eigenvalue weighted by molar-refractivity contribution is 6.03. The van der Waals surface area contributed by atoms with Crippen molar-refractivity contribution in [2.24, 2.45) is 0 Å². The maximum Gasteiger partial charge on any atom is 0.319 e. The zero-order valence-electron chi connectivity index (χ0n) is 24.5. The lowest BCUT2D eigenvalue weighted by Gasteiger charge is -2.31. The Morgan fingerprint density at radius 3 is 2.51 bits per heavy atom. The third-order valence-corrected chi connectivity index (χ3v) is 8.82. The summed E-state index contributed by atoms with van der Waals surface area (Å²) in [5, 5.41) is 19.4. The van der Waals surface area contributed by atoms with Crippen molar-refractivity contribution in [1.29, 1.82) is 0 Å². The molecule has 2 N–H and O–H groups in total. The van der Waals surface area contributed by atoms with Crippen molar-refractivity contribution in [1.82, 2.24) is 19.9 Å². The number of aromatic nitrogens is 3. The molecule has 5 heterocycles. The van der Waals surface area contributed by atoms with Gasteiger partial charge in [0.15, 0.2) is 5.82 Å². The van der Waals surface area contributed by atoms with Gasteiger partial charge in [0.05, 0.1) is 22.2 Å². The number of phenolic OH excluding ortho intramolecular Hbond substituents is 1. The van der Waals surface area contributed by atoms with Crippen molar-refractivity contribution < 1.29 is 23.7 Å². The number of terminal acetylenes is 1. The van der Waals surface area contributed by atoms with Crippen molar-refractivity contribution in [2.75, 3.05) is 44.8 Å². The fourth-order valence-corrected chi connectivity index (χ4v) is 6.91. The van der Waals surface area contributed by atoms with Gasteiger partial charge in [-0.05, 0) is 82.1 Å². The second kappa shape index (κ2) is 11.5. The standard InChI is InChI=1S/C31H29F2N5O2.C2H6O/c1-3-20-22(32)9-8-18-15-19(39)16-21(24(18)20)27-26(33)28-25-23(34-27)7-4-12-37(2)29(25)36-30(35-28)40-17-31-10-5-13-38(31)14-6-11-31;1-2-3/h1,8-9,15-16,39H,4-7,10-14,17H2,2H3;3H,2H2,1H3. The Balaban J connectivity index is 0.00000105. The summed E-state index contributed by atoms with van der Waals surface area (Å²) in [7, 11) is 1.92. The molecule has 224 valence electrons. The number of hydrogen-bond donors (Lipinski definition) is 2. The number of nitrogens with zero attached hydrogens (tertiary/aromatic N) is 5. The third-order valence-electron chi connectivity index (χ3n) is 8.82. The van der Waals surface area contributed by atoms with Crippen LogP contribution in [0.4, 0.5) is 14.6 Å². The number of hydrogen-bond acceptors (Lipinski definition) is 8. The summed E-state index contributed by atoms with van der Waals surface area (Å²) in [4.78, 5) is 18.6. The number of ether oxygens (including phenoxy) is 1. The molecule has 0 aliphatic carbocycles. The molecular formula is C33H35F2N5O3. The Bertz CT molecular complexity index is 1750. The number of aliphatic hydroxyl groups is 1. The molecule has 2 saturated heterocycles. The predicted molar refractivity (Wildman–Crippen MR) is 162 cm³/mol. The highest BCUT2D eigenvalue weighted by Gasteiger charge is 2.45. The first-order valence-electron chi connectivity index (χ1n) is 14.8. The average molecular weight is 588 g/mol. The molecule has 0 unspecified atom stereocenters. The van der Waals surface area contributed by atoms with Crippen LogP contribution in [0.5, 0.6) is 11.8 Å². The highest BCUT2D eigenvalue weighted by Crippen LogP contribution is 2.42. The van der Waals surface area contributed by atoms with Crippen LogP contribution in [0.15, 0.2) is 24.3 Å². The van der Waals surface area contributed by atoms with E-state index in [1.807, 2.05) is 11.9 Å². The Morgan fingerprint density at radius 1 is 1.05 bits per heavy atom. The normalized spacial score (nSPS) is 17.3. The molecule has 0 amide bonds. The van der Waals surface area contributed by atoms with Gasteiger partial charge >= 0.3 is 6.01 Å². The number of benzene rings is 2. The summed E-state index contributed by atoms with van der Waals surface area (Å²) < 4.78 is 37.6. The Morgan fingerprint density at radius 2 is 1.79 bits per heavy atom. The molecule has 3 aliphatic rings. The van der Waals surface area contributed by atoms with E-state index in [-0.39, 0.29) is 46.2 Å². The van der Waals surface area contributed by atoms with Crippen LogP contribution in [0.3, 0.4) is 0 Å². The van der Waals surface area contributed by atoms with Crippen molar-refractivity contribution in [2.45, 2.75) is 51.0 Å². The van der Waals surface area contributed by atoms with Crippen molar-refractivity contribution in [3.8, 4) is 35.4 Å². The number of pyridine rings is 1. The number of rotatable bonds is 4. The van der Waals surface area contributed by atoms with Crippen LogP contribution in [-0.4, -0.2) is 75.5 Å². The molecule has 43 heavy (non-hydrogen) atoms. The molecule has 0 atom stereocenters. The lowest BCUT2D eigenvalue weighted by atomic mass is 9.95. The molecule has 0 spiro atoms. The molecule has 10 heteroatoms. The lowest BCUT2D eigenvalue weighted by Crippen LogP contribution is -2.43. The first kappa shape index (κ1) is 29.0. The largest absolute Gasteiger partial charge is 0.508 e. The first-order chi connectivity index (χ1) is 20.8. The highest BCUT2D eigenvalue weighted by atomic mass is 19.1. The van der Waals surface area contributed by atoms with E-state index in [1.165, 1.54) is 24.3 Å². The van der Waals surface area contributed by atoms with E-state index in [0.717, 1.165) is 45.2 Å². The fraction of sp³-hybridized carbons (Fsp3) is 0.424. The summed E-state index contributed by atoms with van der Waals surface area (Å²) in [5.74, 6) is 1.58. The maximum atomic E-state index is 16.6. The molecule has 8 nitrogen and oxygen atoms in total. The Labute approximate surface area is 249 Å². The average Bonchev–Trinajstić information content (AvgIpc) is 3.53. The van der Waals surface area contributed by atoms with Gasteiger partial charge in [-0.3, -0.25) is 4.90 Å². The summed E-state index contributed by atoms with van der Waals surface area (Å²) in [6.45, 7) is 5.23. The summed E-state index contributed by atoms with van der Waals surface area (Å²) in [6.07, 6.45) is 11.5. The van der Waals surface area contributed by atoms with E-state index in [2.05, 4.69) is 15.8 Å². The Kier molecular flexibility index (Phi) is 7.79. The van der Waals surface area contributed by atoms with Crippen LogP contribution in [0, 0.1) is 24.0 Å². The molecule has 0 saturated carbocycles. The number of fused-ring (bicyclic) bond motifs is 2. The zero-order chi connectivity index (χ0) is 30.3. The fourth-order valence-electron chi connectivity index (χ4n) is 6.91. The van der Waals surface area contributed by atoms with Gasteiger partial charge in [-0.1, -0.05) is 12.0 Å². The van der Waals surface area contributed by atoms with Gasteiger partial charge in [0.2, 0.25) is 0 Å². The summed E-state index contributed by atoms with van der Waals surface area (Å²) in [6, 6.07) is 5.74. The van der Waals surface area contributed by atoms with Gasteiger partial charge in [0.1, 0.15) is 35.2 Å². The van der Waals surface area contributed by atoms with Gasteiger partial charge in [-0.2, -0.15) is 9.97 Å². The number of aliphatic hydroxyl groups excluding tert-OH is 1. The third kappa shape index (κ3) is 5.00. The first-order valence-corrected chi connectivity index (χ1v) is 14.8. The predicted octanol–water partition coefficient (Wildman–Crippen LogP) is 5.20. The van der Waals surface area contributed by atoms with E-state index in [1.54, 1.807) is 6.92 Å². The van der Waals surface area contributed by atoms with Crippen molar-refractivity contribution in [3.05, 3.63) is 47.2 Å². The van der Waals surface area contributed by atoms with E-state index in [9.17, 15) is 9.50 Å². The molecule has 4 aromatic rings. The van der Waals surface area contributed by atoms with Crippen LogP contribution in [0.25, 0.3) is 32.9 Å². The van der Waals surface area contributed by atoms with E-state index < -0.39 is 11.6 Å². The van der Waals surface area contributed by atoms with Gasteiger partial charge in [-0.15, -0.1) is 6.42 Å². The Hall–Kier alpha value is -4.07. The minimum Gasteiger partial charge on any atom is -0.508 e. The second-order valence-electron chi connectivity index (χ2n) is 11.5.